The topological polar surface area (TPSA) is 108 Å². The Labute approximate surface area is 174 Å². The lowest BCUT2D eigenvalue weighted by atomic mass is 10.1. The second kappa shape index (κ2) is 8.93. The van der Waals surface area contributed by atoms with E-state index in [0.29, 0.717) is 16.6 Å². The van der Waals surface area contributed by atoms with Crippen LogP contribution in [0.2, 0.25) is 10.2 Å². The highest BCUT2D eigenvalue weighted by molar-refractivity contribution is 6.41. The van der Waals surface area contributed by atoms with E-state index >= 15 is 0 Å². The standard InChI is InChI=1S/C19H14Cl2N2O6/c1-2-27-19(26)23-12-3-4-13-11(6-16(24)29-15(13)7-12)9-28-18(25)10-5-14(20)17(21)22-8-10/h3-8H,2,9H2,1H3,(H,23,26). The SMILES string of the molecule is CCOC(=O)Nc1ccc2c(COC(=O)c3cnc(Cl)c(Cl)c3)cc(=O)oc2c1. The highest BCUT2D eigenvalue weighted by Crippen LogP contribution is 2.23. The number of hydrogen-bond acceptors (Lipinski definition) is 7. The van der Waals surface area contributed by atoms with E-state index < -0.39 is 17.7 Å². The zero-order valence-electron chi connectivity index (χ0n) is 15.0. The minimum atomic E-state index is -0.682. The molecule has 0 fully saturated rings. The molecule has 0 saturated heterocycles. The number of esters is 1. The number of nitrogens with zero attached hydrogens (tertiary/aromatic N) is 1. The molecule has 0 saturated carbocycles. The number of hydrogen-bond donors (Lipinski definition) is 1. The maximum atomic E-state index is 12.2. The van der Waals surface area contributed by atoms with Crippen LogP contribution in [0.4, 0.5) is 10.5 Å². The molecule has 3 aromatic rings. The summed E-state index contributed by atoms with van der Waals surface area (Å²) in [5.41, 5.74) is 0.519. The third-order valence-electron chi connectivity index (χ3n) is 3.74. The van der Waals surface area contributed by atoms with Gasteiger partial charge >= 0.3 is 17.7 Å². The molecule has 10 heteroatoms. The largest absolute Gasteiger partial charge is 0.457 e. The molecule has 2 heterocycles. The maximum absolute atomic E-state index is 12.2. The smallest absolute Gasteiger partial charge is 0.411 e. The Morgan fingerprint density at radius 3 is 2.69 bits per heavy atom. The predicted molar refractivity (Wildman–Crippen MR) is 107 cm³/mol. The molecular weight excluding hydrogens is 423 g/mol. The third kappa shape index (κ3) is 5.04. The lowest BCUT2D eigenvalue weighted by Gasteiger charge is -2.09. The third-order valence-corrected chi connectivity index (χ3v) is 4.43. The summed E-state index contributed by atoms with van der Waals surface area (Å²) in [7, 11) is 0. The van der Waals surface area contributed by atoms with Crippen molar-refractivity contribution in [2.45, 2.75) is 13.5 Å². The number of aromatic nitrogens is 1. The number of fused-ring (bicyclic) bond motifs is 1. The Balaban J connectivity index is 1.81. The molecule has 1 aromatic carbocycles. The Bertz CT molecular complexity index is 1150. The average Bonchev–Trinajstić information content (AvgIpc) is 2.67. The summed E-state index contributed by atoms with van der Waals surface area (Å²) in [5, 5.41) is 3.25. The van der Waals surface area contributed by atoms with Crippen molar-refractivity contribution in [2.24, 2.45) is 0 Å². The Morgan fingerprint density at radius 2 is 1.97 bits per heavy atom. The second-order valence-corrected chi connectivity index (χ2v) is 6.49. The number of benzene rings is 1. The zero-order valence-corrected chi connectivity index (χ0v) is 16.5. The van der Waals surface area contributed by atoms with E-state index in [1.165, 1.54) is 24.4 Å². The fraction of sp³-hybridized carbons (Fsp3) is 0.158. The normalized spacial score (nSPS) is 10.6. The van der Waals surface area contributed by atoms with Gasteiger partial charge in [0.25, 0.3) is 0 Å². The molecule has 0 atom stereocenters. The number of carbonyl (C=O) groups excluding carboxylic acids is 2. The summed E-state index contributed by atoms with van der Waals surface area (Å²) in [6.45, 7) is 1.71. The molecule has 3 rings (SSSR count). The van der Waals surface area contributed by atoms with E-state index in [2.05, 4.69) is 10.3 Å². The molecule has 0 radical (unpaired) electrons. The zero-order chi connectivity index (χ0) is 21.0. The van der Waals surface area contributed by atoms with Gasteiger partial charge in [-0.3, -0.25) is 5.32 Å². The number of rotatable bonds is 5. The van der Waals surface area contributed by atoms with Crippen molar-refractivity contribution in [1.82, 2.24) is 4.98 Å². The predicted octanol–water partition coefficient (Wildman–Crippen LogP) is 4.42. The molecule has 150 valence electrons. The molecule has 0 aliphatic rings. The van der Waals surface area contributed by atoms with Crippen LogP contribution in [0.3, 0.4) is 0 Å². The van der Waals surface area contributed by atoms with Crippen LogP contribution in [0.1, 0.15) is 22.8 Å². The number of amides is 1. The monoisotopic (exact) mass is 436 g/mol. The Hall–Kier alpha value is -3.10. The fourth-order valence-electron chi connectivity index (χ4n) is 2.47. The van der Waals surface area contributed by atoms with Gasteiger partial charge in [0.2, 0.25) is 0 Å². The molecule has 29 heavy (non-hydrogen) atoms. The van der Waals surface area contributed by atoms with Gasteiger partial charge in [-0.15, -0.1) is 0 Å². The first-order chi connectivity index (χ1) is 13.9. The van der Waals surface area contributed by atoms with Gasteiger partial charge in [-0.05, 0) is 25.1 Å². The van der Waals surface area contributed by atoms with Gasteiger partial charge in [-0.2, -0.15) is 0 Å². The van der Waals surface area contributed by atoms with E-state index in [0.717, 1.165) is 0 Å². The maximum Gasteiger partial charge on any atom is 0.411 e. The first kappa shape index (κ1) is 20.6. The average molecular weight is 437 g/mol. The van der Waals surface area contributed by atoms with Crippen LogP contribution in [0, 0.1) is 0 Å². The number of pyridine rings is 1. The molecule has 0 spiro atoms. The number of ether oxygens (including phenoxy) is 2. The molecule has 0 aliphatic heterocycles. The van der Waals surface area contributed by atoms with Crippen LogP contribution in [-0.4, -0.2) is 23.7 Å². The molecular formula is C19H14Cl2N2O6. The molecule has 0 aliphatic carbocycles. The number of nitrogens with one attached hydrogen (secondary N) is 1. The first-order valence-electron chi connectivity index (χ1n) is 8.36. The fourth-order valence-corrected chi connectivity index (χ4v) is 2.74. The van der Waals surface area contributed by atoms with Crippen molar-refractivity contribution in [3.8, 4) is 0 Å². The molecule has 1 amide bonds. The van der Waals surface area contributed by atoms with Crippen molar-refractivity contribution in [2.75, 3.05) is 11.9 Å². The minimum Gasteiger partial charge on any atom is -0.457 e. The van der Waals surface area contributed by atoms with Crippen molar-refractivity contribution in [1.29, 1.82) is 0 Å². The lowest BCUT2D eigenvalue weighted by Crippen LogP contribution is -2.13. The van der Waals surface area contributed by atoms with E-state index in [4.69, 9.17) is 37.1 Å². The van der Waals surface area contributed by atoms with Crippen LogP contribution >= 0.6 is 23.2 Å². The summed E-state index contributed by atoms with van der Waals surface area (Å²) in [5.74, 6) is -0.682. The summed E-state index contributed by atoms with van der Waals surface area (Å²) in [6, 6.07) is 7.27. The summed E-state index contributed by atoms with van der Waals surface area (Å²) in [6.07, 6.45) is 0.607. The molecule has 8 nitrogen and oxygen atoms in total. The quantitative estimate of drug-likeness (QED) is 0.358. The second-order valence-electron chi connectivity index (χ2n) is 5.72. The van der Waals surface area contributed by atoms with Gasteiger partial charge in [-0.25, -0.2) is 19.4 Å². The minimum absolute atomic E-state index is 0.0714. The van der Waals surface area contributed by atoms with Gasteiger partial charge < -0.3 is 13.9 Å². The molecule has 2 aromatic heterocycles. The van der Waals surface area contributed by atoms with Crippen LogP contribution in [0.25, 0.3) is 11.0 Å². The highest BCUT2D eigenvalue weighted by atomic mass is 35.5. The molecule has 1 N–H and O–H groups in total. The summed E-state index contributed by atoms with van der Waals surface area (Å²) >= 11 is 11.6. The van der Waals surface area contributed by atoms with Crippen LogP contribution in [0.15, 0.2) is 45.7 Å². The van der Waals surface area contributed by atoms with Crippen molar-refractivity contribution in [3.63, 3.8) is 0 Å². The van der Waals surface area contributed by atoms with Gasteiger partial charge in [0.05, 0.1) is 17.2 Å². The summed E-state index contributed by atoms with van der Waals surface area (Å²) in [4.78, 5) is 39.4. The first-order valence-corrected chi connectivity index (χ1v) is 9.11. The highest BCUT2D eigenvalue weighted by Gasteiger charge is 2.14. The summed E-state index contributed by atoms with van der Waals surface area (Å²) < 4.78 is 15.2. The van der Waals surface area contributed by atoms with Gasteiger partial charge in [-0.1, -0.05) is 23.2 Å². The molecule has 0 bridgehead atoms. The molecule has 0 unspecified atom stereocenters. The van der Waals surface area contributed by atoms with E-state index in [1.807, 2.05) is 0 Å². The van der Waals surface area contributed by atoms with Crippen molar-refractivity contribution >= 4 is 51.9 Å². The van der Waals surface area contributed by atoms with Crippen LogP contribution in [-0.2, 0) is 16.1 Å². The van der Waals surface area contributed by atoms with Gasteiger partial charge in [0.15, 0.2) is 0 Å². The van der Waals surface area contributed by atoms with Gasteiger partial charge in [0, 0.05) is 35.0 Å². The van der Waals surface area contributed by atoms with Crippen molar-refractivity contribution in [3.05, 3.63) is 68.3 Å². The van der Waals surface area contributed by atoms with E-state index in [-0.39, 0.29) is 34.5 Å². The van der Waals surface area contributed by atoms with E-state index in [1.54, 1.807) is 19.1 Å². The van der Waals surface area contributed by atoms with Crippen LogP contribution in [0.5, 0.6) is 0 Å². The lowest BCUT2D eigenvalue weighted by molar-refractivity contribution is 0.0473. The van der Waals surface area contributed by atoms with Gasteiger partial charge in [0.1, 0.15) is 17.3 Å². The Kier molecular flexibility index (Phi) is 6.36. The number of anilines is 1. The van der Waals surface area contributed by atoms with E-state index in [9.17, 15) is 14.4 Å². The van der Waals surface area contributed by atoms with Crippen LogP contribution < -0.4 is 10.9 Å². The number of halogens is 2. The Morgan fingerprint density at radius 1 is 1.17 bits per heavy atom. The van der Waals surface area contributed by atoms with Crippen molar-refractivity contribution < 1.29 is 23.5 Å². The number of carbonyl (C=O) groups is 2.